The SMILES string of the molecule is CNC(=O)NC(C)C1CCOC1. The highest BCUT2D eigenvalue weighted by Crippen LogP contribution is 2.15. The zero-order valence-corrected chi connectivity index (χ0v) is 7.59. The van der Waals surface area contributed by atoms with Crippen LogP contribution in [0.4, 0.5) is 4.79 Å². The van der Waals surface area contributed by atoms with Crippen molar-refractivity contribution in [3.05, 3.63) is 0 Å². The van der Waals surface area contributed by atoms with Crippen LogP contribution in [0.15, 0.2) is 0 Å². The number of urea groups is 1. The minimum atomic E-state index is -0.116. The maximum absolute atomic E-state index is 10.9. The van der Waals surface area contributed by atoms with Crippen molar-refractivity contribution in [2.45, 2.75) is 19.4 Å². The first-order valence-electron chi connectivity index (χ1n) is 4.30. The molecule has 4 nitrogen and oxygen atoms in total. The van der Waals surface area contributed by atoms with E-state index in [-0.39, 0.29) is 12.1 Å². The molecule has 1 aliphatic rings. The van der Waals surface area contributed by atoms with Crippen LogP contribution in [-0.4, -0.2) is 32.3 Å². The summed E-state index contributed by atoms with van der Waals surface area (Å²) in [6, 6.07) is 0.0850. The van der Waals surface area contributed by atoms with Gasteiger partial charge in [-0.15, -0.1) is 0 Å². The average molecular weight is 172 g/mol. The number of ether oxygens (including phenoxy) is 1. The Morgan fingerprint density at radius 3 is 2.92 bits per heavy atom. The van der Waals surface area contributed by atoms with Gasteiger partial charge in [0.05, 0.1) is 6.61 Å². The molecule has 1 fully saturated rings. The predicted octanol–water partition coefficient (Wildman–Crippen LogP) is 0.340. The number of hydrogen-bond acceptors (Lipinski definition) is 2. The van der Waals surface area contributed by atoms with Crippen molar-refractivity contribution < 1.29 is 9.53 Å². The van der Waals surface area contributed by atoms with Gasteiger partial charge in [-0.2, -0.15) is 0 Å². The van der Waals surface area contributed by atoms with Crippen LogP contribution in [0.2, 0.25) is 0 Å². The van der Waals surface area contributed by atoms with E-state index in [1.54, 1.807) is 7.05 Å². The summed E-state index contributed by atoms with van der Waals surface area (Å²) in [4.78, 5) is 10.9. The Morgan fingerprint density at radius 2 is 2.42 bits per heavy atom. The van der Waals surface area contributed by atoms with Crippen LogP contribution in [0.1, 0.15) is 13.3 Å². The van der Waals surface area contributed by atoms with Crippen LogP contribution in [0.5, 0.6) is 0 Å². The number of carbonyl (C=O) groups excluding carboxylic acids is 1. The van der Waals surface area contributed by atoms with Gasteiger partial charge >= 0.3 is 6.03 Å². The first-order valence-corrected chi connectivity index (χ1v) is 4.30. The van der Waals surface area contributed by atoms with Crippen molar-refractivity contribution in [1.29, 1.82) is 0 Å². The van der Waals surface area contributed by atoms with E-state index >= 15 is 0 Å². The summed E-state index contributed by atoms with van der Waals surface area (Å²) in [6.07, 6.45) is 1.05. The Morgan fingerprint density at radius 1 is 1.67 bits per heavy atom. The Hall–Kier alpha value is -0.770. The van der Waals surface area contributed by atoms with Gasteiger partial charge in [-0.25, -0.2) is 4.79 Å². The molecule has 1 rings (SSSR count). The van der Waals surface area contributed by atoms with Crippen LogP contribution in [0.25, 0.3) is 0 Å². The van der Waals surface area contributed by atoms with Crippen molar-refractivity contribution in [2.24, 2.45) is 5.92 Å². The first-order chi connectivity index (χ1) is 5.74. The molecular formula is C8H16N2O2. The van der Waals surface area contributed by atoms with Crippen LogP contribution in [0.3, 0.4) is 0 Å². The van der Waals surface area contributed by atoms with Gasteiger partial charge < -0.3 is 15.4 Å². The Labute approximate surface area is 72.7 Å². The van der Waals surface area contributed by atoms with Crippen molar-refractivity contribution in [3.8, 4) is 0 Å². The van der Waals surface area contributed by atoms with Crippen LogP contribution in [-0.2, 0) is 4.74 Å². The molecule has 0 saturated carbocycles. The summed E-state index contributed by atoms with van der Waals surface area (Å²) >= 11 is 0. The average Bonchev–Trinajstić information content (AvgIpc) is 2.56. The second-order valence-corrected chi connectivity index (χ2v) is 3.14. The van der Waals surface area contributed by atoms with E-state index in [9.17, 15) is 4.79 Å². The molecule has 2 unspecified atom stereocenters. The van der Waals surface area contributed by atoms with Crippen molar-refractivity contribution in [3.63, 3.8) is 0 Å². The van der Waals surface area contributed by atoms with Gasteiger partial charge in [-0.3, -0.25) is 0 Å². The molecule has 12 heavy (non-hydrogen) atoms. The van der Waals surface area contributed by atoms with E-state index in [4.69, 9.17) is 4.74 Å². The van der Waals surface area contributed by atoms with E-state index in [0.29, 0.717) is 5.92 Å². The topological polar surface area (TPSA) is 50.4 Å². The molecule has 0 aromatic carbocycles. The summed E-state index contributed by atoms with van der Waals surface area (Å²) in [5.41, 5.74) is 0. The summed E-state index contributed by atoms with van der Waals surface area (Å²) in [7, 11) is 1.62. The van der Waals surface area contributed by atoms with Gasteiger partial charge in [-0.1, -0.05) is 0 Å². The van der Waals surface area contributed by atoms with Gasteiger partial charge in [0.25, 0.3) is 0 Å². The molecule has 2 amide bonds. The molecular weight excluding hydrogens is 156 g/mol. The largest absolute Gasteiger partial charge is 0.381 e. The van der Waals surface area contributed by atoms with E-state index in [2.05, 4.69) is 10.6 Å². The number of nitrogens with one attached hydrogen (secondary N) is 2. The molecule has 1 heterocycles. The molecule has 0 aromatic heterocycles. The third kappa shape index (κ3) is 2.37. The van der Waals surface area contributed by atoms with Crippen molar-refractivity contribution in [1.82, 2.24) is 10.6 Å². The fraction of sp³-hybridized carbons (Fsp3) is 0.875. The summed E-state index contributed by atoms with van der Waals surface area (Å²) in [5, 5.41) is 5.37. The number of rotatable bonds is 2. The van der Waals surface area contributed by atoms with E-state index in [1.165, 1.54) is 0 Å². The third-order valence-electron chi connectivity index (χ3n) is 2.26. The smallest absolute Gasteiger partial charge is 0.314 e. The lowest BCUT2D eigenvalue weighted by molar-refractivity contribution is 0.178. The van der Waals surface area contributed by atoms with E-state index in [0.717, 1.165) is 19.6 Å². The molecule has 4 heteroatoms. The van der Waals surface area contributed by atoms with Gasteiger partial charge in [0.1, 0.15) is 0 Å². The second kappa shape index (κ2) is 4.30. The molecule has 1 aliphatic heterocycles. The Bertz CT molecular complexity index is 155. The molecule has 70 valence electrons. The second-order valence-electron chi connectivity index (χ2n) is 3.14. The Kier molecular flexibility index (Phi) is 3.34. The maximum Gasteiger partial charge on any atom is 0.314 e. The number of carbonyl (C=O) groups is 1. The molecule has 0 spiro atoms. The third-order valence-corrected chi connectivity index (χ3v) is 2.26. The first kappa shape index (κ1) is 9.32. The standard InChI is InChI=1S/C8H16N2O2/c1-6(10-8(11)9-2)7-3-4-12-5-7/h6-7H,3-5H2,1-2H3,(H2,9,10,11). The Balaban J connectivity index is 2.26. The lowest BCUT2D eigenvalue weighted by atomic mass is 10.0. The fourth-order valence-corrected chi connectivity index (χ4v) is 1.34. The zero-order chi connectivity index (χ0) is 8.97. The van der Waals surface area contributed by atoms with Gasteiger partial charge in [-0.05, 0) is 13.3 Å². The predicted molar refractivity (Wildman–Crippen MR) is 46.0 cm³/mol. The highest BCUT2D eigenvalue weighted by atomic mass is 16.5. The van der Waals surface area contributed by atoms with Gasteiger partial charge in [0.15, 0.2) is 0 Å². The molecule has 0 aliphatic carbocycles. The minimum Gasteiger partial charge on any atom is -0.381 e. The van der Waals surface area contributed by atoms with E-state index in [1.807, 2.05) is 6.92 Å². The lowest BCUT2D eigenvalue weighted by Gasteiger charge is -2.18. The quantitative estimate of drug-likeness (QED) is 0.631. The summed E-state index contributed by atoms with van der Waals surface area (Å²) in [6.45, 7) is 3.60. The molecule has 0 radical (unpaired) electrons. The number of hydrogen-bond donors (Lipinski definition) is 2. The van der Waals surface area contributed by atoms with Crippen LogP contribution < -0.4 is 10.6 Å². The van der Waals surface area contributed by atoms with Crippen molar-refractivity contribution >= 4 is 6.03 Å². The minimum absolute atomic E-state index is 0.116. The molecule has 2 N–H and O–H groups in total. The van der Waals surface area contributed by atoms with Gasteiger partial charge in [0.2, 0.25) is 0 Å². The van der Waals surface area contributed by atoms with Gasteiger partial charge in [0, 0.05) is 25.6 Å². The highest BCUT2D eigenvalue weighted by molar-refractivity contribution is 5.73. The molecule has 0 bridgehead atoms. The lowest BCUT2D eigenvalue weighted by Crippen LogP contribution is -2.42. The van der Waals surface area contributed by atoms with E-state index < -0.39 is 0 Å². The zero-order valence-electron chi connectivity index (χ0n) is 7.59. The number of amides is 2. The highest BCUT2D eigenvalue weighted by Gasteiger charge is 2.22. The molecule has 2 atom stereocenters. The fourth-order valence-electron chi connectivity index (χ4n) is 1.34. The van der Waals surface area contributed by atoms with Crippen molar-refractivity contribution in [2.75, 3.05) is 20.3 Å². The normalized spacial score (nSPS) is 25.0. The maximum atomic E-state index is 10.9. The summed E-state index contributed by atoms with van der Waals surface area (Å²) < 4.78 is 5.22. The van der Waals surface area contributed by atoms with Crippen LogP contribution in [0, 0.1) is 5.92 Å². The monoisotopic (exact) mass is 172 g/mol. The molecule has 0 aromatic rings. The molecule has 1 saturated heterocycles. The van der Waals surface area contributed by atoms with Crippen LogP contribution >= 0.6 is 0 Å². The summed E-state index contributed by atoms with van der Waals surface area (Å²) in [5.74, 6) is 0.474.